The van der Waals surface area contributed by atoms with Crippen molar-refractivity contribution in [2.45, 2.75) is 46.5 Å². The molecule has 0 aromatic carbocycles. The fourth-order valence-corrected chi connectivity index (χ4v) is 3.91. The number of hydrogen-bond acceptors (Lipinski definition) is 4. The molecule has 0 radical (unpaired) electrons. The number of thiazole rings is 1. The number of aryl methyl sites for hydroxylation is 1. The van der Waals surface area contributed by atoms with Crippen molar-refractivity contribution < 1.29 is 0 Å². The molecule has 1 aliphatic heterocycles. The Kier molecular flexibility index (Phi) is 11.6. The summed E-state index contributed by atoms with van der Waals surface area (Å²) in [7, 11) is 0. The van der Waals surface area contributed by atoms with Gasteiger partial charge in [0.15, 0.2) is 5.96 Å². The number of hydrogen-bond donors (Lipinski definition) is 2. The molecule has 1 atom stereocenters. The van der Waals surface area contributed by atoms with Gasteiger partial charge in [-0.05, 0) is 38.6 Å². The van der Waals surface area contributed by atoms with Gasteiger partial charge < -0.3 is 15.5 Å². The summed E-state index contributed by atoms with van der Waals surface area (Å²) in [5.74, 6) is 1.76. The van der Waals surface area contributed by atoms with Crippen molar-refractivity contribution in [2.75, 3.05) is 39.3 Å². The number of guanidine groups is 1. The number of piperidine rings is 1. The molecule has 1 unspecified atom stereocenters. The maximum atomic E-state index is 4.72. The minimum atomic E-state index is 0. The summed E-state index contributed by atoms with van der Waals surface area (Å²) in [6.45, 7) is 12.8. The standard InChI is InChI=1S/C18H33N5S.HI/c1-4-16-13-22-17(24-16)8-9-20-18(19-5-2)21-10-12-23-11-6-7-15(3)14-23;/h13,15H,4-12,14H2,1-3H3,(H2,19,20,21);1H. The van der Waals surface area contributed by atoms with Gasteiger partial charge >= 0.3 is 0 Å². The molecule has 25 heavy (non-hydrogen) atoms. The first-order valence-electron chi connectivity index (χ1n) is 9.39. The van der Waals surface area contributed by atoms with Crippen molar-refractivity contribution in [1.29, 1.82) is 0 Å². The van der Waals surface area contributed by atoms with Crippen LogP contribution < -0.4 is 10.6 Å². The fraction of sp³-hybridized carbons (Fsp3) is 0.778. The number of nitrogens with one attached hydrogen (secondary N) is 2. The number of nitrogens with zero attached hydrogens (tertiary/aromatic N) is 3. The molecule has 0 aliphatic carbocycles. The van der Waals surface area contributed by atoms with Crippen LogP contribution in [-0.4, -0.2) is 55.1 Å². The van der Waals surface area contributed by atoms with Crippen LogP contribution >= 0.6 is 35.3 Å². The molecule has 0 amide bonds. The van der Waals surface area contributed by atoms with E-state index in [4.69, 9.17) is 4.99 Å². The van der Waals surface area contributed by atoms with E-state index in [0.29, 0.717) is 0 Å². The molecule has 1 aromatic heterocycles. The average Bonchev–Trinajstić information content (AvgIpc) is 3.03. The van der Waals surface area contributed by atoms with Crippen molar-refractivity contribution in [3.8, 4) is 0 Å². The van der Waals surface area contributed by atoms with Gasteiger partial charge in [0.2, 0.25) is 0 Å². The van der Waals surface area contributed by atoms with Crippen LogP contribution in [0.4, 0.5) is 0 Å². The predicted octanol–water partition coefficient (Wildman–Crippen LogP) is 3.15. The van der Waals surface area contributed by atoms with Crippen LogP contribution in [0.3, 0.4) is 0 Å². The Bertz CT molecular complexity index is 505. The molecule has 1 aromatic rings. The Hall–Kier alpha value is -0.410. The SMILES string of the molecule is CCNC(=NCCN1CCCC(C)C1)NCCc1ncc(CC)s1.I. The van der Waals surface area contributed by atoms with Crippen LogP contribution in [0.15, 0.2) is 11.2 Å². The number of likely N-dealkylation sites (tertiary alicyclic amines) is 1. The smallest absolute Gasteiger partial charge is 0.191 e. The fourth-order valence-electron chi connectivity index (χ4n) is 3.05. The molecule has 0 bridgehead atoms. The largest absolute Gasteiger partial charge is 0.357 e. The second kappa shape index (κ2) is 12.9. The molecule has 7 heteroatoms. The van der Waals surface area contributed by atoms with E-state index in [0.717, 1.165) is 50.9 Å². The first kappa shape index (κ1) is 22.6. The Morgan fingerprint density at radius 2 is 2.24 bits per heavy atom. The second-order valence-electron chi connectivity index (χ2n) is 6.56. The zero-order valence-electron chi connectivity index (χ0n) is 15.9. The van der Waals surface area contributed by atoms with Gasteiger partial charge in [-0.15, -0.1) is 35.3 Å². The first-order chi connectivity index (χ1) is 11.7. The molecule has 2 rings (SSSR count). The van der Waals surface area contributed by atoms with Gasteiger partial charge in [-0.3, -0.25) is 4.99 Å². The lowest BCUT2D eigenvalue weighted by atomic mass is 10.0. The number of aliphatic imine (C=N–C) groups is 1. The first-order valence-corrected chi connectivity index (χ1v) is 10.2. The van der Waals surface area contributed by atoms with Gasteiger partial charge in [0, 0.05) is 43.7 Å². The van der Waals surface area contributed by atoms with E-state index in [1.807, 2.05) is 17.5 Å². The van der Waals surface area contributed by atoms with Crippen LogP contribution in [0.25, 0.3) is 0 Å². The van der Waals surface area contributed by atoms with Crippen molar-refractivity contribution in [1.82, 2.24) is 20.5 Å². The third kappa shape index (κ3) is 8.68. The van der Waals surface area contributed by atoms with E-state index in [2.05, 4.69) is 41.3 Å². The van der Waals surface area contributed by atoms with Gasteiger partial charge in [0.05, 0.1) is 11.6 Å². The summed E-state index contributed by atoms with van der Waals surface area (Å²) >= 11 is 1.82. The summed E-state index contributed by atoms with van der Waals surface area (Å²) in [4.78, 5) is 13.1. The van der Waals surface area contributed by atoms with Gasteiger partial charge in [-0.1, -0.05) is 13.8 Å². The zero-order chi connectivity index (χ0) is 17.2. The number of aromatic nitrogens is 1. The Balaban J connectivity index is 0.00000312. The van der Waals surface area contributed by atoms with E-state index in [1.165, 1.54) is 35.8 Å². The van der Waals surface area contributed by atoms with Crippen molar-refractivity contribution in [3.63, 3.8) is 0 Å². The van der Waals surface area contributed by atoms with E-state index in [9.17, 15) is 0 Å². The van der Waals surface area contributed by atoms with Crippen LogP contribution in [-0.2, 0) is 12.8 Å². The topological polar surface area (TPSA) is 52.6 Å². The van der Waals surface area contributed by atoms with Crippen LogP contribution in [0.2, 0.25) is 0 Å². The molecular weight excluding hydrogens is 445 g/mol. The summed E-state index contributed by atoms with van der Waals surface area (Å²) in [5, 5.41) is 7.97. The number of halogens is 1. The van der Waals surface area contributed by atoms with Crippen LogP contribution in [0.5, 0.6) is 0 Å². The molecule has 0 saturated carbocycles. The highest BCUT2D eigenvalue weighted by Gasteiger charge is 2.15. The van der Waals surface area contributed by atoms with Crippen molar-refractivity contribution in [2.24, 2.45) is 10.9 Å². The third-order valence-electron chi connectivity index (χ3n) is 4.35. The molecule has 144 valence electrons. The molecule has 1 fully saturated rings. The Labute approximate surface area is 174 Å². The van der Waals surface area contributed by atoms with Crippen molar-refractivity contribution >= 4 is 41.3 Å². The molecular formula is C18H34IN5S. The van der Waals surface area contributed by atoms with E-state index < -0.39 is 0 Å². The molecule has 1 saturated heterocycles. The molecule has 0 spiro atoms. The van der Waals surface area contributed by atoms with Crippen LogP contribution in [0, 0.1) is 5.92 Å². The lowest BCUT2D eigenvalue weighted by Crippen LogP contribution is -2.40. The van der Waals surface area contributed by atoms with Crippen molar-refractivity contribution in [3.05, 3.63) is 16.1 Å². The monoisotopic (exact) mass is 479 g/mol. The highest BCUT2D eigenvalue weighted by Crippen LogP contribution is 2.15. The quantitative estimate of drug-likeness (QED) is 0.342. The average molecular weight is 479 g/mol. The van der Waals surface area contributed by atoms with Gasteiger partial charge in [0.1, 0.15) is 0 Å². The molecule has 2 heterocycles. The third-order valence-corrected chi connectivity index (χ3v) is 5.55. The minimum Gasteiger partial charge on any atom is -0.357 e. The summed E-state index contributed by atoms with van der Waals surface area (Å²) < 4.78 is 0. The normalized spacial score (nSPS) is 18.7. The summed E-state index contributed by atoms with van der Waals surface area (Å²) in [6, 6.07) is 0. The van der Waals surface area contributed by atoms with Gasteiger partial charge in [0.25, 0.3) is 0 Å². The van der Waals surface area contributed by atoms with E-state index in [-0.39, 0.29) is 24.0 Å². The Morgan fingerprint density at radius 3 is 2.92 bits per heavy atom. The van der Waals surface area contributed by atoms with Crippen LogP contribution in [0.1, 0.15) is 43.5 Å². The lowest BCUT2D eigenvalue weighted by Gasteiger charge is -2.30. The highest BCUT2D eigenvalue weighted by molar-refractivity contribution is 14.0. The lowest BCUT2D eigenvalue weighted by molar-refractivity contribution is 0.189. The second-order valence-corrected chi connectivity index (χ2v) is 7.76. The zero-order valence-corrected chi connectivity index (χ0v) is 19.0. The highest BCUT2D eigenvalue weighted by atomic mass is 127. The predicted molar refractivity (Wildman–Crippen MR) is 119 cm³/mol. The Morgan fingerprint density at radius 1 is 1.40 bits per heavy atom. The summed E-state index contributed by atoms with van der Waals surface area (Å²) in [6.07, 6.45) is 6.74. The maximum Gasteiger partial charge on any atom is 0.191 e. The van der Waals surface area contributed by atoms with E-state index in [1.54, 1.807) is 0 Å². The van der Waals surface area contributed by atoms with Gasteiger partial charge in [-0.2, -0.15) is 0 Å². The van der Waals surface area contributed by atoms with Gasteiger partial charge in [-0.25, -0.2) is 4.98 Å². The van der Waals surface area contributed by atoms with E-state index >= 15 is 0 Å². The molecule has 2 N–H and O–H groups in total. The molecule has 1 aliphatic rings. The molecule has 5 nitrogen and oxygen atoms in total. The maximum absolute atomic E-state index is 4.72. The number of rotatable bonds is 8. The summed E-state index contributed by atoms with van der Waals surface area (Å²) in [5.41, 5.74) is 0. The minimum absolute atomic E-state index is 0.